The van der Waals surface area contributed by atoms with Crippen molar-refractivity contribution in [1.82, 2.24) is 5.32 Å². The topological polar surface area (TPSA) is 58.6 Å². The van der Waals surface area contributed by atoms with Crippen LogP contribution < -0.4 is 5.32 Å². The SMILES string of the molecule is O=C1N[C@H](CO)[C@@H](c2cccc(Cl)c2)O1. The van der Waals surface area contributed by atoms with E-state index in [-0.39, 0.29) is 6.61 Å². The van der Waals surface area contributed by atoms with Crippen LogP contribution in [-0.2, 0) is 4.74 Å². The molecule has 0 unspecified atom stereocenters. The van der Waals surface area contributed by atoms with Crippen LogP contribution in [-0.4, -0.2) is 23.8 Å². The Hall–Kier alpha value is -1.26. The number of alkyl carbamates (subject to hydrolysis) is 1. The van der Waals surface area contributed by atoms with Crippen LogP contribution in [0.25, 0.3) is 0 Å². The molecule has 2 atom stereocenters. The molecule has 5 heteroatoms. The van der Waals surface area contributed by atoms with Gasteiger partial charge in [0.05, 0.1) is 12.6 Å². The van der Waals surface area contributed by atoms with Crippen LogP contribution in [0.2, 0.25) is 5.02 Å². The summed E-state index contributed by atoms with van der Waals surface area (Å²) in [4.78, 5) is 11.0. The Balaban J connectivity index is 2.26. The summed E-state index contributed by atoms with van der Waals surface area (Å²) in [5.74, 6) is 0. The Kier molecular flexibility index (Phi) is 2.79. The number of aliphatic hydroxyl groups excluding tert-OH is 1. The fourth-order valence-electron chi connectivity index (χ4n) is 1.58. The Morgan fingerprint density at radius 2 is 2.33 bits per heavy atom. The van der Waals surface area contributed by atoms with E-state index < -0.39 is 18.2 Å². The summed E-state index contributed by atoms with van der Waals surface area (Å²) in [6.45, 7) is -0.164. The number of nitrogens with one attached hydrogen (secondary N) is 1. The van der Waals surface area contributed by atoms with E-state index in [1.165, 1.54) is 0 Å². The molecule has 2 N–H and O–H groups in total. The monoisotopic (exact) mass is 227 g/mol. The third kappa shape index (κ3) is 2.06. The summed E-state index contributed by atoms with van der Waals surface area (Å²) in [6, 6.07) is 6.63. The minimum Gasteiger partial charge on any atom is -0.439 e. The van der Waals surface area contributed by atoms with E-state index in [1.807, 2.05) is 0 Å². The molecule has 1 fully saturated rings. The second-order valence-electron chi connectivity index (χ2n) is 3.31. The van der Waals surface area contributed by atoms with Gasteiger partial charge in [-0.25, -0.2) is 4.79 Å². The van der Waals surface area contributed by atoms with Crippen molar-refractivity contribution in [2.75, 3.05) is 6.61 Å². The fraction of sp³-hybridized carbons (Fsp3) is 0.300. The molecule has 1 amide bonds. The van der Waals surface area contributed by atoms with Gasteiger partial charge in [-0.05, 0) is 17.7 Å². The number of hydrogen-bond donors (Lipinski definition) is 2. The normalized spacial score (nSPS) is 24.8. The third-order valence-corrected chi connectivity index (χ3v) is 2.51. The zero-order valence-electron chi connectivity index (χ0n) is 7.81. The van der Waals surface area contributed by atoms with Crippen molar-refractivity contribution in [3.63, 3.8) is 0 Å². The number of aliphatic hydroxyl groups is 1. The maximum absolute atomic E-state index is 11.0. The zero-order chi connectivity index (χ0) is 10.8. The minimum atomic E-state index is -0.515. The van der Waals surface area contributed by atoms with Crippen molar-refractivity contribution in [3.8, 4) is 0 Å². The maximum atomic E-state index is 11.0. The number of benzene rings is 1. The molecule has 1 aromatic rings. The van der Waals surface area contributed by atoms with Crippen LogP contribution in [0, 0.1) is 0 Å². The second kappa shape index (κ2) is 4.08. The summed E-state index contributed by atoms with van der Waals surface area (Å²) < 4.78 is 5.04. The molecule has 0 aliphatic carbocycles. The van der Waals surface area contributed by atoms with Crippen LogP contribution in [0.4, 0.5) is 4.79 Å². The molecule has 0 bridgehead atoms. The van der Waals surface area contributed by atoms with Crippen molar-refractivity contribution in [2.24, 2.45) is 0 Å². The number of halogens is 1. The van der Waals surface area contributed by atoms with Gasteiger partial charge in [-0.2, -0.15) is 0 Å². The molecule has 1 aliphatic rings. The van der Waals surface area contributed by atoms with Crippen LogP contribution in [0.15, 0.2) is 24.3 Å². The van der Waals surface area contributed by atoms with Crippen LogP contribution in [0.1, 0.15) is 11.7 Å². The van der Waals surface area contributed by atoms with E-state index in [0.29, 0.717) is 5.02 Å². The second-order valence-corrected chi connectivity index (χ2v) is 3.75. The lowest BCUT2D eigenvalue weighted by Crippen LogP contribution is -2.31. The molecule has 1 aliphatic heterocycles. The van der Waals surface area contributed by atoms with Gasteiger partial charge in [-0.15, -0.1) is 0 Å². The number of ether oxygens (including phenoxy) is 1. The van der Waals surface area contributed by atoms with Gasteiger partial charge in [0.25, 0.3) is 0 Å². The minimum absolute atomic E-state index is 0.164. The summed E-state index contributed by atoms with van der Waals surface area (Å²) in [5, 5.41) is 12.2. The average Bonchev–Trinajstić information content (AvgIpc) is 2.59. The van der Waals surface area contributed by atoms with Gasteiger partial charge in [-0.1, -0.05) is 23.7 Å². The van der Waals surface area contributed by atoms with Crippen molar-refractivity contribution in [3.05, 3.63) is 34.9 Å². The highest BCUT2D eigenvalue weighted by molar-refractivity contribution is 6.30. The van der Waals surface area contributed by atoms with Crippen molar-refractivity contribution in [1.29, 1.82) is 0 Å². The van der Waals surface area contributed by atoms with Crippen LogP contribution >= 0.6 is 11.6 Å². The number of hydrogen-bond acceptors (Lipinski definition) is 3. The van der Waals surface area contributed by atoms with Gasteiger partial charge in [0.2, 0.25) is 0 Å². The molecule has 1 aromatic carbocycles. The summed E-state index contributed by atoms with van der Waals surface area (Å²) in [5.41, 5.74) is 0.778. The van der Waals surface area contributed by atoms with E-state index >= 15 is 0 Å². The molecule has 0 aromatic heterocycles. The third-order valence-electron chi connectivity index (χ3n) is 2.28. The molecule has 0 radical (unpaired) electrons. The molecule has 0 saturated carbocycles. The van der Waals surface area contributed by atoms with E-state index in [2.05, 4.69) is 5.32 Å². The first-order chi connectivity index (χ1) is 7.20. The molecular weight excluding hydrogens is 218 g/mol. The van der Waals surface area contributed by atoms with Gasteiger partial charge in [0.1, 0.15) is 0 Å². The molecular formula is C10H10ClNO3. The van der Waals surface area contributed by atoms with E-state index in [1.54, 1.807) is 24.3 Å². The maximum Gasteiger partial charge on any atom is 0.408 e. The summed E-state index contributed by atoms with van der Waals surface area (Å²) >= 11 is 5.83. The van der Waals surface area contributed by atoms with Crippen molar-refractivity contribution in [2.45, 2.75) is 12.1 Å². The summed E-state index contributed by atoms with van der Waals surface area (Å²) in [7, 11) is 0. The van der Waals surface area contributed by atoms with Gasteiger partial charge >= 0.3 is 6.09 Å². The van der Waals surface area contributed by atoms with Crippen LogP contribution in [0.3, 0.4) is 0 Å². The standard InChI is InChI=1S/C10H10ClNO3/c11-7-3-1-2-6(4-7)9-8(5-13)12-10(14)15-9/h1-4,8-9,13H,5H2,(H,12,14)/t8-,9-/m1/s1. The lowest BCUT2D eigenvalue weighted by atomic mass is 10.0. The molecule has 0 spiro atoms. The fourth-order valence-corrected chi connectivity index (χ4v) is 1.78. The molecule has 1 saturated heterocycles. The highest BCUT2D eigenvalue weighted by Crippen LogP contribution is 2.27. The Morgan fingerprint density at radius 3 is 3.00 bits per heavy atom. The van der Waals surface area contributed by atoms with Crippen molar-refractivity contribution >= 4 is 17.7 Å². The molecule has 80 valence electrons. The largest absolute Gasteiger partial charge is 0.439 e. The first kappa shape index (κ1) is 10.3. The number of carbonyl (C=O) groups excluding carboxylic acids is 1. The first-order valence-corrected chi connectivity index (χ1v) is 4.92. The predicted molar refractivity (Wildman–Crippen MR) is 54.7 cm³/mol. The van der Waals surface area contributed by atoms with Crippen LogP contribution in [0.5, 0.6) is 0 Å². The Morgan fingerprint density at radius 1 is 1.53 bits per heavy atom. The Bertz CT molecular complexity index is 383. The van der Waals surface area contributed by atoms with Gasteiger partial charge in [0.15, 0.2) is 6.10 Å². The average molecular weight is 228 g/mol. The number of amides is 1. The van der Waals surface area contributed by atoms with Gasteiger partial charge in [-0.3, -0.25) is 0 Å². The lowest BCUT2D eigenvalue weighted by Gasteiger charge is -2.14. The quantitative estimate of drug-likeness (QED) is 0.805. The molecule has 1 heterocycles. The number of carbonyl (C=O) groups is 1. The first-order valence-electron chi connectivity index (χ1n) is 4.54. The number of rotatable bonds is 2. The van der Waals surface area contributed by atoms with Crippen molar-refractivity contribution < 1.29 is 14.6 Å². The zero-order valence-corrected chi connectivity index (χ0v) is 8.57. The molecule has 2 rings (SSSR count). The molecule has 4 nitrogen and oxygen atoms in total. The molecule has 15 heavy (non-hydrogen) atoms. The lowest BCUT2D eigenvalue weighted by molar-refractivity contribution is 0.119. The van der Waals surface area contributed by atoms with E-state index in [4.69, 9.17) is 21.4 Å². The van der Waals surface area contributed by atoms with Gasteiger partial charge in [0, 0.05) is 5.02 Å². The summed E-state index contributed by atoms with van der Waals surface area (Å²) in [6.07, 6.45) is -0.986. The highest BCUT2D eigenvalue weighted by Gasteiger charge is 2.34. The van der Waals surface area contributed by atoms with Gasteiger partial charge < -0.3 is 15.2 Å². The van der Waals surface area contributed by atoms with E-state index in [0.717, 1.165) is 5.56 Å². The number of cyclic esters (lactones) is 1. The Labute approximate surface area is 91.8 Å². The van der Waals surface area contributed by atoms with E-state index in [9.17, 15) is 4.79 Å². The highest BCUT2D eigenvalue weighted by atomic mass is 35.5. The smallest absolute Gasteiger partial charge is 0.408 e. The predicted octanol–water partition coefficient (Wildman–Crippen LogP) is 1.48.